The van der Waals surface area contributed by atoms with Gasteiger partial charge in [-0.15, -0.1) is 0 Å². The summed E-state index contributed by atoms with van der Waals surface area (Å²) < 4.78 is 5.51. The molecule has 1 N–H and O–H groups in total. The van der Waals surface area contributed by atoms with Crippen molar-refractivity contribution in [3.8, 4) is 0 Å². The van der Waals surface area contributed by atoms with Crippen molar-refractivity contribution in [2.45, 2.75) is 65.6 Å². The normalized spacial score (nSPS) is 14.7. The van der Waals surface area contributed by atoms with Crippen LogP contribution in [0.15, 0.2) is 18.2 Å². The molecule has 0 heterocycles. The van der Waals surface area contributed by atoms with Crippen LogP contribution < -0.4 is 5.32 Å². The van der Waals surface area contributed by atoms with Gasteiger partial charge in [0, 0.05) is 25.7 Å². The molecule has 1 saturated carbocycles. The molecular weight excluding hydrogens is 288 g/mol. The summed E-state index contributed by atoms with van der Waals surface area (Å²) in [6, 6.07) is 6.74. The minimum Gasteiger partial charge on any atom is -0.444 e. The lowest BCUT2D eigenvalue weighted by Gasteiger charge is -2.27. The zero-order chi connectivity index (χ0) is 17.0. The Hall–Kier alpha value is -1.55. The molecule has 4 heteroatoms. The third-order valence-corrected chi connectivity index (χ3v) is 4.09. The number of rotatable bonds is 6. The van der Waals surface area contributed by atoms with Gasteiger partial charge in [0.05, 0.1) is 0 Å². The Kier molecular flexibility index (Phi) is 5.69. The number of carbonyl (C=O) groups is 1. The number of hydrogen-bond donors (Lipinski definition) is 1. The zero-order valence-corrected chi connectivity index (χ0v) is 15.1. The topological polar surface area (TPSA) is 41.6 Å². The van der Waals surface area contributed by atoms with Crippen LogP contribution in [0.2, 0.25) is 0 Å². The van der Waals surface area contributed by atoms with E-state index in [1.54, 1.807) is 0 Å². The third-order valence-electron chi connectivity index (χ3n) is 4.09. The van der Waals surface area contributed by atoms with E-state index in [-0.39, 0.29) is 6.09 Å². The molecule has 1 aromatic carbocycles. The van der Waals surface area contributed by atoms with Crippen LogP contribution in [0.1, 0.15) is 50.3 Å². The molecule has 0 radical (unpaired) electrons. The highest BCUT2D eigenvalue weighted by atomic mass is 16.6. The van der Waals surface area contributed by atoms with Crippen LogP contribution in [0, 0.1) is 13.8 Å². The largest absolute Gasteiger partial charge is 0.444 e. The lowest BCUT2D eigenvalue weighted by atomic mass is 10.0. The van der Waals surface area contributed by atoms with Crippen molar-refractivity contribution >= 4 is 6.09 Å². The van der Waals surface area contributed by atoms with Gasteiger partial charge in [0.15, 0.2) is 0 Å². The Morgan fingerprint density at radius 3 is 2.39 bits per heavy atom. The highest BCUT2D eigenvalue weighted by Crippen LogP contribution is 2.28. The standard InChI is InChI=1S/C19H30N2O2/c1-14-7-6-8-15(2)17(14)13-20-11-12-21(16-9-10-16)18(22)23-19(3,4)5/h6-8,16,20H,9-13H2,1-5H3. The quantitative estimate of drug-likeness (QED) is 0.811. The monoisotopic (exact) mass is 318 g/mol. The number of carbonyl (C=O) groups excluding carboxylic acids is 1. The van der Waals surface area contributed by atoms with Crippen LogP contribution in [0.3, 0.4) is 0 Å². The van der Waals surface area contributed by atoms with Gasteiger partial charge in [-0.1, -0.05) is 18.2 Å². The van der Waals surface area contributed by atoms with E-state index in [1.165, 1.54) is 16.7 Å². The van der Waals surface area contributed by atoms with Gasteiger partial charge < -0.3 is 15.0 Å². The molecule has 128 valence electrons. The van der Waals surface area contributed by atoms with Crippen molar-refractivity contribution < 1.29 is 9.53 Å². The number of benzene rings is 1. The van der Waals surface area contributed by atoms with Gasteiger partial charge in [-0.2, -0.15) is 0 Å². The third kappa shape index (κ3) is 5.54. The number of ether oxygens (including phenoxy) is 1. The van der Waals surface area contributed by atoms with Gasteiger partial charge in [-0.25, -0.2) is 4.79 Å². The smallest absolute Gasteiger partial charge is 0.410 e. The van der Waals surface area contributed by atoms with E-state index in [4.69, 9.17) is 4.74 Å². The van der Waals surface area contributed by atoms with Crippen molar-refractivity contribution in [2.24, 2.45) is 0 Å². The van der Waals surface area contributed by atoms with Crippen LogP contribution in [0.4, 0.5) is 4.79 Å². The summed E-state index contributed by atoms with van der Waals surface area (Å²) in [6.45, 7) is 12.3. The van der Waals surface area contributed by atoms with Crippen molar-refractivity contribution in [1.82, 2.24) is 10.2 Å². The molecule has 1 aliphatic carbocycles. The SMILES string of the molecule is Cc1cccc(C)c1CNCCN(C(=O)OC(C)(C)C)C1CC1. The van der Waals surface area contributed by atoms with Gasteiger partial charge in [0.1, 0.15) is 5.60 Å². The molecule has 1 aromatic rings. The Balaban J connectivity index is 1.82. The molecule has 1 aliphatic rings. The Morgan fingerprint density at radius 2 is 1.87 bits per heavy atom. The van der Waals surface area contributed by atoms with Gasteiger partial charge in [-0.05, 0) is 64.2 Å². The van der Waals surface area contributed by atoms with E-state index in [1.807, 2.05) is 25.7 Å². The fourth-order valence-electron chi connectivity index (χ4n) is 2.67. The summed E-state index contributed by atoms with van der Waals surface area (Å²) in [6.07, 6.45) is 2.00. The molecule has 0 bridgehead atoms. The fraction of sp³-hybridized carbons (Fsp3) is 0.632. The van der Waals surface area contributed by atoms with Crippen LogP contribution in [-0.2, 0) is 11.3 Å². The summed E-state index contributed by atoms with van der Waals surface area (Å²) in [5.74, 6) is 0. The van der Waals surface area contributed by atoms with Crippen LogP contribution in [0.5, 0.6) is 0 Å². The molecule has 1 amide bonds. The first-order chi connectivity index (χ1) is 10.8. The second-order valence-corrected chi connectivity index (χ2v) is 7.45. The van der Waals surface area contributed by atoms with E-state index in [0.717, 1.165) is 25.9 Å². The molecular formula is C19H30N2O2. The second-order valence-electron chi connectivity index (χ2n) is 7.45. The highest BCUT2D eigenvalue weighted by molar-refractivity contribution is 5.69. The van der Waals surface area contributed by atoms with Crippen LogP contribution in [0.25, 0.3) is 0 Å². The van der Waals surface area contributed by atoms with Crippen LogP contribution in [-0.4, -0.2) is 35.7 Å². The van der Waals surface area contributed by atoms with Crippen molar-refractivity contribution in [1.29, 1.82) is 0 Å². The van der Waals surface area contributed by atoms with Gasteiger partial charge in [0.25, 0.3) is 0 Å². The lowest BCUT2D eigenvalue weighted by molar-refractivity contribution is 0.0236. The minimum absolute atomic E-state index is 0.186. The van der Waals surface area contributed by atoms with Crippen molar-refractivity contribution in [3.05, 3.63) is 34.9 Å². The molecule has 0 aliphatic heterocycles. The van der Waals surface area contributed by atoms with Crippen molar-refractivity contribution in [2.75, 3.05) is 13.1 Å². The van der Waals surface area contributed by atoms with Crippen molar-refractivity contribution in [3.63, 3.8) is 0 Å². The summed E-state index contributed by atoms with van der Waals surface area (Å²) in [5.41, 5.74) is 3.53. The molecule has 0 saturated heterocycles. The van der Waals surface area contributed by atoms with E-state index >= 15 is 0 Å². The van der Waals surface area contributed by atoms with E-state index < -0.39 is 5.60 Å². The summed E-state index contributed by atoms with van der Waals surface area (Å²) in [4.78, 5) is 14.2. The lowest BCUT2D eigenvalue weighted by Crippen LogP contribution is -2.41. The number of aryl methyl sites for hydroxylation is 2. The maximum absolute atomic E-state index is 12.3. The van der Waals surface area contributed by atoms with Gasteiger partial charge in [-0.3, -0.25) is 0 Å². The number of nitrogens with zero attached hydrogens (tertiary/aromatic N) is 1. The number of nitrogens with one attached hydrogen (secondary N) is 1. The van der Waals surface area contributed by atoms with Gasteiger partial charge >= 0.3 is 6.09 Å². The average Bonchev–Trinajstić information content (AvgIpc) is 3.23. The highest BCUT2D eigenvalue weighted by Gasteiger charge is 2.34. The molecule has 0 atom stereocenters. The molecule has 2 rings (SSSR count). The Labute approximate surface area is 140 Å². The molecule has 0 aromatic heterocycles. The first-order valence-electron chi connectivity index (χ1n) is 8.53. The maximum Gasteiger partial charge on any atom is 0.410 e. The molecule has 0 spiro atoms. The first-order valence-corrected chi connectivity index (χ1v) is 8.53. The van der Waals surface area contributed by atoms with E-state index in [9.17, 15) is 4.79 Å². The molecule has 1 fully saturated rings. The average molecular weight is 318 g/mol. The molecule has 0 unspecified atom stereocenters. The maximum atomic E-state index is 12.3. The number of amides is 1. The Morgan fingerprint density at radius 1 is 1.26 bits per heavy atom. The van der Waals surface area contributed by atoms with Gasteiger partial charge in [0.2, 0.25) is 0 Å². The molecule has 4 nitrogen and oxygen atoms in total. The predicted octanol–water partition coefficient (Wildman–Crippen LogP) is 3.79. The summed E-state index contributed by atoms with van der Waals surface area (Å²) in [7, 11) is 0. The van der Waals surface area contributed by atoms with E-state index in [0.29, 0.717) is 12.6 Å². The van der Waals surface area contributed by atoms with Crippen LogP contribution >= 0.6 is 0 Å². The zero-order valence-electron chi connectivity index (χ0n) is 15.1. The second kappa shape index (κ2) is 7.35. The summed E-state index contributed by atoms with van der Waals surface area (Å²) in [5, 5.41) is 3.46. The minimum atomic E-state index is -0.435. The Bertz CT molecular complexity index is 525. The predicted molar refractivity (Wildman–Crippen MR) is 93.6 cm³/mol. The van der Waals surface area contributed by atoms with E-state index in [2.05, 4.69) is 37.4 Å². The first kappa shape index (κ1) is 17.8. The summed E-state index contributed by atoms with van der Waals surface area (Å²) >= 11 is 0. The number of hydrogen-bond acceptors (Lipinski definition) is 3. The fourth-order valence-corrected chi connectivity index (χ4v) is 2.67. The molecule has 23 heavy (non-hydrogen) atoms.